The van der Waals surface area contributed by atoms with Gasteiger partial charge in [-0.1, -0.05) is 31.2 Å². The Labute approximate surface area is 102 Å². The normalized spacial score (nSPS) is 10.5. The van der Waals surface area contributed by atoms with Gasteiger partial charge in [0.2, 0.25) is 0 Å². The van der Waals surface area contributed by atoms with Crippen molar-refractivity contribution in [2.45, 2.75) is 20.3 Å². The van der Waals surface area contributed by atoms with Crippen LogP contribution in [0.1, 0.15) is 19.4 Å². The summed E-state index contributed by atoms with van der Waals surface area (Å²) in [4.78, 5) is 11.0. The molecule has 0 aliphatic heterocycles. The van der Waals surface area contributed by atoms with Crippen molar-refractivity contribution in [2.75, 3.05) is 18.5 Å². The van der Waals surface area contributed by atoms with E-state index in [1.165, 1.54) is 11.6 Å². The molecule has 0 bridgehead atoms. The standard InChI is InChI=1S/C14H19NO2/c1-3-12-8-5-6-9-13(12)15-11-7-10-14(16)17-4-2/h5-10,15H,3-4,11H2,1-2H3/b10-7+. The number of aryl methyl sites for hydroxylation is 1. The highest BCUT2D eigenvalue weighted by atomic mass is 16.5. The summed E-state index contributed by atoms with van der Waals surface area (Å²) in [6, 6.07) is 8.16. The predicted octanol–water partition coefficient (Wildman–Crippen LogP) is 2.78. The summed E-state index contributed by atoms with van der Waals surface area (Å²) >= 11 is 0. The Bertz CT molecular complexity index is 386. The number of para-hydroxylation sites is 1. The van der Waals surface area contributed by atoms with Crippen LogP contribution < -0.4 is 5.32 Å². The lowest BCUT2D eigenvalue weighted by Crippen LogP contribution is -2.03. The van der Waals surface area contributed by atoms with Crippen molar-refractivity contribution >= 4 is 11.7 Å². The van der Waals surface area contributed by atoms with Gasteiger partial charge in [0.25, 0.3) is 0 Å². The molecule has 0 saturated carbocycles. The maximum atomic E-state index is 11.0. The molecule has 0 aliphatic carbocycles. The minimum atomic E-state index is -0.293. The first-order valence-electron chi connectivity index (χ1n) is 5.93. The fourth-order valence-electron chi connectivity index (χ4n) is 1.52. The molecule has 0 fully saturated rings. The van der Waals surface area contributed by atoms with Gasteiger partial charge in [-0.2, -0.15) is 0 Å². The van der Waals surface area contributed by atoms with E-state index in [0.717, 1.165) is 12.1 Å². The van der Waals surface area contributed by atoms with E-state index >= 15 is 0 Å². The van der Waals surface area contributed by atoms with Crippen molar-refractivity contribution in [3.05, 3.63) is 42.0 Å². The second kappa shape index (κ2) is 7.49. The Morgan fingerprint density at radius 1 is 1.35 bits per heavy atom. The molecule has 0 radical (unpaired) electrons. The Hall–Kier alpha value is -1.77. The van der Waals surface area contributed by atoms with Crippen molar-refractivity contribution in [3.8, 4) is 0 Å². The monoisotopic (exact) mass is 233 g/mol. The number of hydrogen-bond acceptors (Lipinski definition) is 3. The first-order valence-corrected chi connectivity index (χ1v) is 5.93. The number of carbonyl (C=O) groups excluding carboxylic acids is 1. The second-order valence-electron chi connectivity index (χ2n) is 3.55. The van der Waals surface area contributed by atoms with Gasteiger partial charge in [-0.25, -0.2) is 4.79 Å². The van der Waals surface area contributed by atoms with Crippen LogP contribution in [0.4, 0.5) is 5.69 Å². The number of hydrogen-bond donors (Lipinski definition) is 1. The van der Waals surface area contributed by atoms with Gasteiger partial charge in [-0.05, 0) is 25.0 Å². The van der Waals surface area contributed by atoms with Crippen LogP contribution in [-0.4, -0.2) is 19.1 Å². The van der Waals surface area contributed by atoms with Crippen LogP contribution >= 0.6 is 0 Å². The molecule has 0 aromatic heterocycles. The lowest BCUT2D eigenvalue weighted by atomic mass is 10.1. The summed E-state index contributed by atoms with van der Waals surface area (Å²) in [5.41, 5.74) is 2.39. The van der Waals surface area contributed by atoms with E-state index in [1.807, 2.05) is 18.2 Å². The number of rotatable bonds is 6. The van der Waals surface area contributed by atoms with Gasteiger partial charge in [0.15, 0.2) is 0 Å². The first kappa shape index (κ1) is 13.3. The molecule has 0 spiro atoms. The van der Waals surface area contributed by atoms with E-state index < -0.39 is 0 Å². The van der Waals surface area contributed by atoms with E-state index in [4.69, 9.17) is 4.74 Å². The number of carbonyl (C=O) groups is 1. The van der Waals surface area contributed by atoms with Gasteiger partial charge in [0.1, 0.15) is 0 Å². The number of nitrogens with one attached hydrogen (secondary N) is 1. The van der Waals surface area contributed by atoms with Crippen LogP contribution in [0.25, 0.3) is 0 Å². The molecule has 92 valence electrons. The van der Waals surface area contributed by atoms with Crippen molar-refractivity contribution in [3.63, 3.8) is 0 Å². The number of ether oxygens (including phenoxy) is 1. The van der Waals surface area contributed by atoms with E-state index in [2.05, 4.69) is 18.3 Å². The third kappa shape index (κ3) is 4.72. The number of esters is 1. The van der Waals surface area contributed by atoms with Crippen molar-refractivity contribution in [2.24, 2.45) is 0 Å². The maximum absolute atomic E-state index is 11.0. The summed E-state index contributed by atoms with van der Waals surface area (Å²) in [7, 11) is 0. The maximum Gasteiger partial charge on any atom is 0.330 e. The van der Waals surface area contributed by atoms with Crippen LogP contribution in [0.15, 0.2) is 36.4 Å². The van der Waals surface area contributed by atoms with Crippen molar-refractivity contribution in [1.29, 1.82) is 0 Å². The van der Waals surface area contributed by atoms with Gasteiger partial charge >= 0.3 is 5.97 Å². The molecule has 1 rings (SSSR count). The van der Waals surface area contributed by atoms with E-state index in [0.29, 0.717) is 13.2 Å². The molecule has 0 saturated heterocycles. The van der Waals surface area contributed by atoms with Crippen molar-refractivity contribution in [1.82, 2.24) is 0 Å². The van der Waals surface area contributed by atoms with E-state index in [1.54, 1.807) is 13.0 Å². The zero-order valence-electron chi connectivity index (χ0n) is 10.4. The summed E-state index contributed by atoms with van der Waals surface area (Å²) in [6.07, 6.45) is 4.21. The average molecular weight is 233 g/mol. The van der Waals surface area contributed by atoms with Crippen LogP contribution in [0.2, 0.25) is 0 Å². The highest BCUT2D eigenvalue weighted by molar-refractivity contribution is 5.81. The molecule has 0 heterocycles. The summed E-state index contributed by atoms with van der Waals surface area (Å²) in [6.45, 7) is 4.95. The summed E-state index contributed by atoms with van der Waals surface area (Å²) in [5, 5.41) is 3.27. The molecule has 0 unspecified atom stereocenters. The van der Waals surface area contributed by atoms with Crippen molar-refractivity contribution < 1.29 is 9.53 Å². The molecule has 3 nitrogen and oxygen atoms in total. The quantitative estimate of drug-likeness (QED) is 0.606. The van der Waals surface area contributed by atoms with Crippen LogP contribution in [0, 0.1) is 0 Å². The molecule has 0 amide bonds. The molecule has 1 N–H and O–H groups in total. The van der Waals surface area contributed by atoms with Gasteiger partial charge in [-0.15, -0.1) is 0 Å². The predicted molar refractivity (Wildman–Crippen MR) is 70.1 cm³/mol. The van der Waals surface area contributed by atoms with E-state index in [-0.39, 0.29) is 5.97 Å². The molecular formula is C14H19NO2. The SMILES string of the molecule is CCOC(=O)/C=C/CNc1ccccc1CC. The molecule has 0 aliphatic rings. The number of benzene rings is 1. The average Bonchev–Trinajstić information content (AvgIpc) is 2.35. The molecular weight excluding hydrogens is 214 g/mol. The lowest BCUT2D eigenvalue weighted by Gasteiger charge is -2.08. The van der Waals surface area contributed by atoms with Crippen LogP contribution in [0.3, 0.4) is 0 Å². The van der Waals surface area contributed by atoms with Gasteiger partial charge in [0, 0.05) is 18.3 Å². The van der Waals surface area contributed by atoms with Gasteiger partial charge in [0.05, 0.1) is 6.61 Å². The summed E-state index contributed by atoms with van der Waals surface area (Å²) in [5.74, 6) is -0.293. The zero-order chi connectivity index (χ0) is 12.5. The topological polar surface area (TPSA) is 38.3 Å². The minimum Gasteiger partial charge on any atom is -0.463 e. The van der Waals surface area contributed by atoms with Gasteiger partial charge in [-0.3, -0.25) is 0 Å². The number of anilines is 1. The first-order chi connectivity index (χ1) is 8.27. The highest BCUT2D eigenvalue weighted by Gasteiger charge is 1.97. The second-order valence-corrected chi connectivity index (χ2v) is 3.55. The minimum absolute atomic E-state index is 0.293. The Kier molecular flexibility index (Phi) is 5.86. The Morgan fingerprint density at radius 2 is 2.12 bits per heavy atom. The fraction of sp³-hybridized carbons (Fsp3) is 0.357. The van der Waals surface area contributed by atoms with E-state index in [9.17, 15) is 4.79 Å². The van der Waals surface area contributed by atoms with Crippen LogP contribution in [0.5, 0.6) is 0 Å². The largest absolute Gasteiger partial charge is 0.463 e. The molecule has 1 aromatic rings. The van der Waals surface area contributed by atoms with Gasteiger partial charge < -0.3 is 10.1 Å². The molecule has 3 heteroatoms. The molecule has 0 atom stereocenters. The molecule has 1 aromatic carbocycles. The lowest BCUT2D eigenvalue weighted by molar-refractivity contribution is -0.137. The fourth-order valence-corrected chi connectivity index (χ4v) is 1.52. The highest BCUT2D eigenvalue weighted by Crippen LogP contribution is 2.14. The smallest absolute Gasteiger partial charge is 0.330 e. The Morgan fingerprint density at radius 3 is 2.82 bits per heavy atom. The Balaban J connectivity index is 2.43. The third-order valence-corrected chi connectivity index (χ3v) is 2.35. The molecule has 17 heavy (non-hydrogen) atoms. The van der Waals surface area contributed by atoms with Crippen LogP contribution in [-0.2, 0) is 16.0 Å². The summed E-state index contributed by atoms with van der Waals surface area (Å²) < 4.78 is 4.79. The zero-order valence-corrected chi connectivity index (χ0v) is 10.4. The third-order valence-electron chi connectivity index (χ3n) is 2.35.